The van der Waals surface area contributed by atoms with Crippen molar-refractivity contribution in [3.05, 3.63) is 40.1 Å². The van der Waals surface area contributed by atoms with Crippen molar-refractivity contribution in [2.75, 3.05) is 20.8 Å². The average Bonchev–Trinajstić information content (AvgIpc) is 3.07. The standard InChI is InChI=1S/C20H20O7/c1-20(23,9-24-2)15-7-11-13(26-15)8-14(25-3)16-17(22)10-5-4-6-12(21)18(10)27-19(11)16/h4-6,8,15,21,23H,7,9H2,1-3H3. The molecular formula is C20H20O7. The minimum absolute atomic E-state index is 0.0917. The van der Waals surface area contributed by atoms with Gasteiger partial charge in [0, 0.05) is 25.2 Å². The molecule has 2 aromatic carbocycles. The molecule has 3 aromatic rings. The highest BCUT2D eigenvalue weighted by Gasteiger charge is 2.40. The number of ether oxygens (including phenoxy) is 3. The zero-order valence-corrected chi connectivity index (χ0v) is 15.2. The van der Waals surface area contributed by atoms with E-state index in [0.29, 0.717) is 29.1 Å². The second kappa shape index (κ2) is 6.14. The molecule has 2 heterocycles. The van der Waals surface area contributed by atoms with Gasteiger partial charge in [-0.15, -0.1) is 0 Å². The summed E-state index contributed by atoms with van der Waals surface area (Å²) in [6, 6.07) is 6.27. The van der Waals surface area contributed by atoms with E-state index in [1.165, 1.54) is 20.3 Å². The van der Waals surface area contributed by atoms with Crippen LogP contribution in [0.1, 0.15) is 12.5 Å². The van der Waals surface area contributed by atoms with Gasteiger partial charge in [-0.2, -0.15) is 0 Å². The predicted octanol–water partition coefficient (Wildman–Crippen LogP) is 2.36. The van der Waals surface area contributed by atoms with Crippen LogP contribution in [0.2, 0.25) is 0 Å². The summed E-state index contributed by atoms with van der Waals surface area (Å²) in [5, 5.41) is 21.3. The van der Waals surface area contributed by atoms with Gasteiger partial charge in [0.2, 0.25) is 5.43 Å². The first-order chi connectivity index (χ1) is 12.9. The molecule has 0 saturated carbocycles. The summed E-state index contributed by atoms with van der Waals surface area (Å²) < 4.78 is 22.3. The Bertz CT molecular complexity index is 1100. The molecule has 0 radical (unpaired) electrons. The minimum atomic E-state index is -1.23. The van der Waals surface area contributed by atoms with Gasteiger partial charge in [0.05, 0.1) is 19.1 Å². The molecule has 0 spiro atoms. The quantitative estimate of drug-likeness (QED) is 0.679. The number of hydrogen-bond acceptors (Lipinski definition) is 7. The summed E-state index contributed by atoms with van der Waals surface area (Å²) in [5.41, 5.74) is -0.480. The summed E-state index contributed by atoms with van der Waals surface area (Å²) in [6.45, 7) is 1.72. The summed E-state index contributed by atoms with van der Waals surface area (Å²) in [4.78, 5) is 13.0. The van der Waals surface area contributed by atoms with Crippen molar-refractivity contribution in [1.29, 1.82) is 0 Å². The van der Waals surface area contributed by atoms with Crippen LogP contribution in [-0.2, 0) is 11.2 Å². The monoisotopic (exact) mass is 372 g/mol. The molecule has 0 fully saturated rings. The van der Waals surface area contributed by atoms with Crippen LogP contribution >= 0.6 is 0 Å². The second-order valence-corrected chi connectivity index (χ2v) is 6.95. The molecule has 1 aliphatic heterocycles. The van der Waals surface area contributed by atoms with Crippen molar-refractivity contribution in [1.82, 2.24) is 0 Å². The van der Waals surface area contributed by atoms with Gasteiger partial charge in [0.1, 0.15) is 34.2 Å². The van der Waals surface area contributed by atoms with Gasteiger partial charge < -0.3 is 28.8 Å². The number of para-hydroxylation sites is 1. The van der Waals surface area contributed by atoms with Gasteiger partial charge in [-0.05, 0) is 19.1 Å². The van der Waals surface area contributed by atoms with E-state index in [2.05, 4.69) is 0 Å². The van der Waals surface area contributed by atoms with Crippen molar-refractivity contribution in [2.24, 2.45) is 0 Å². The third-order valence-electron chi connectivity index (χ3n) is 4.99. The van der Waals surface area contributed by atoms with E-state index in [4.69, 9.17) is 18.6 Å². The van der Waals surface area contributed by atoms with Crippen LogP contribution in [0.4, 0.5) is 0 Å². The Labute approximate surface area is 154 Å². The van der Waals surface area contributed by atoms with Gasteiger partial charge >= 0.3 is 0 Å². The Morgan fingerprint density at radius 1 is 1.30 bits per heavy atom. The fourth-order valence-corrected chi connectivity index (χ4v) is 3.60. The molecular weight excluding hydrogens is 352 g/mol. The largest absolute Gasteiger partial charge is 0.504 e. The number of phenolic OH excluding ortho intramolecular Hbond substituents is 1. The van der Waals surface area contributed by atoms with Crippen molar-refractivity contribution < 1.29 is 28.8 Å². The zero-order valence-electron chi connectivity index (χ0n) is 15.2. The molecule has 2 N–H and O–H groups in total. The molecule has 0 aliphatic carbocycles. The van der Waals surface area contributed by atoms with E-state index in [1.54, 1.807) is 25.1 Å². The first-order valence-corrected chi connectivity index (χ1v) is 8.53. The Balaban J connectivity index is 2.00. The second-order valence-electron chi connectivity index (χ2n) is 6.95. The number of aromatic hydroxyl groups is 1. The highest BCUT2D eigenvalue weighted by atomic mass is 16.5. The Hall–Kier alpha value is -2.77. The van der Waals surface area contributed by atoms with Crippen molar-refractivity contribution in [2.45, 2.75) is 25.0 Å². The van der Waals surface area contributed by atoms with Gasteiger partial charge in [-0.3, -0.25) is 4.79 Å². The lowest BCUT2D eigenvalue weighted by Crippen LogP contribution is -2.46. The molecule has 1 aromatic heterocycles. The minimum Gasteiger partial charge on any atom is -0.504 e. The average molecular weight is 372 g/mol. The maximum atomic E-state index is 13.0. The number of fused-ring (bicyclic) bond motifs is 4. The van der Waals surface area contributed by atoms with Crippen LogP contribution < -0.4 is 14.9 Å². The fraction of sp³-hybridized carbons (Fsp3) is 0.350. The van der Waals surface area contributed by atoms with Crippen LogP contribution in [-0.4, -0.2) is 42.7 Å². The summed E-state index contributed by atoms with van der Waals surface area (Å²) >= 11 is 0. The number of hydrogen-bond donors (Lipinski definition) is 2. The van der Waals surface area contributed by atoms with Gasteiger partial charge in [0.15, 0.2) is 11.3 Å². The number of aliphatic hydroxyl groups is 1. The Morgan fingerprint density at radius 3 is 2.78 bits per heavy atom. The third kappa shape index (κ3) is 2.62. The lowest BCUT2D eigenvalue weighted by Gasteiger charge is -2.28. The Morgan fingerprint density at radius 2 is 2.07 bits per heavy atom. The molecule has 2 unspecified atom stereocenters. The van der Waals surface area contributed by atoms with E-state index >= 15 is 0 Å². The lowest BCUT2D eigenvalue weighted by atomic mass is 9.95. The SMILES string of the molecule is COCC(C)(O)C1Cc2c(cc(OC)c3c(=O)c4cccc(O)c4oc23)O1. The molecule has 1 aliphatic rings. The topological polar surface area (TPSA) is 98.4 Å². The van der Waals surface area contributed by atoms with E-state index in [-0.39, 0.29) is 34.1 Å². The van der Waals surface area contributed by atoms with Crippen molar-refractivity contribution in [3.8, 4) is 17.2 Å². The normalized spacial score (nSPS) is 18.3. The first kappa shape index (κ1) is 17.6. The molecule has 7 nitrogen and oxygen atoms in total. The van der Waals surface area contributed by atoms with Crippen LogP contribution in [0, 0.1) is 0 Å². The molecule has 7 heteroatoms. The summed E-state index contributed by atoms with van der Waals surface area (Å²) in [5.74, 6) is 0.665. The van der Waals surface area contributed by atoms with Crippen molar-refractivity contribution in [3.63, 3.8) is 0 Å². The van der Waals surface area contributed by atoms with E-state index in [1.807, 2.05) is 0 Å². The molecule has 0 saturated heterocycles. The number of phenols is 1. The fourth-order valence-electron chi connectivity index (χ4n) is 3.60. The van der Waals surface area contributed by atoms with Gasteiger partial charge in [-0.1, -0.05) is 6.07 Å². The van der Waals surface area contributed by atoms with Crippen LogP contribution in [0.25, 0.3) is 21.9 Å². The Kier molecular flexibility index (Phi) is 4.01. The molecule has 142 valence electrons. The lowest BCUT2D eigenvalue weighted by molar-refractivity contribution is -0.0832. The van der Waals surface area contributed by atoms with E-state index < -0.39 is 11.7 Å². The molecule has 2 atom stereocenters. The number of rotatable bonds is 4. The molecule has 27 heavy (non-hydrogen) atoms. The van der Waals surface area contributed by atoms with Crippen LogP contribution in [0.15, 0.2) is 33.5 Å². The first-order valence-electron chi connectivity index (χ1n) is 8.53. The summed E-state index contributed by atoms with van der Waals surface area (Å²) in [7, 11) is 2.96. The van der Waals surface area contributed by atoms with Gasteiger partial charge in [-0.25, -0.2) is 0 Å². The van der Waals surface area contributed by atoms with E-state index in [9.17, 15) is 15.0 Å². The molecule has 0 bridgehead atoms. The molecule has 0 amide bonds. The van der Waals surface area contributed by atoms with Crippen LogP contribution in [0.3, 0.4) is 0 Å². The summed E-state index contributed by atoms with van der Waals surface area (Å²) in [6.07, 6.45) is -0.248. The highest BCUT2D eigenvalue weighted by Crippen LogP contribution is 2.43. The maximum Gasteiger partial charge on any atom is 0.204 e. The van der Waals surface area contributed by atoms with E-state index in [0.717, 1.165) is 0 Å². The third-order valence-corrected chi connectivity index (χ3v) is 4.99. The smallest absolute Gasteiger partial charge is 0.204 e. The molecule has 4 rings (SSSR count). The zero-order chi connectivity index (χ0) is 19.3. The predicted molar refractivity (Wildman–Crippen MR) is 98.8 cm³/mol. The van der Waals surface area contributed by atoms with Crippen molar-refractivity contribution >= 4 is 21.9 Å². The highest BCUT2D eigenvalue weighted by molar-refractivity contribution is 5.97. The maximum absolute atomic E-state index is 13.0. The van der Waals surface area contributed by atoms with Gasteiger partial charge in [0.25, 0.3) is 0 Å². The number of methoxy groups -OCH3 is 2. The van der Waals surface area contributed by atoms with Crippen LogP contribution in [0.5, 0.6) is 17.2 Å². The number of benzene rings is 2.